The van der Waals surface area contributed by atoms with Gasteiger partial charge in [0.05, 0.1) is 6.10 Å². The van der Waals surface area contributed by atoms with Crippen LogP contribution in [-0.4, -0.2) is 36.2 Å². The van der Waals surface area contributed by atoms with Crippen molar-refractivity contribution in [2.75, 3.05) is 20.1 Å². The second-order valence-electron chi connectivity index (χ2n) is 4.36. The second-order valence-corrected chi connectivity index (χ2v) is 4.36. The van der Waals surface area contributed by atoms with E-state index >= 15 is 0 Å². The van der Waals surface area contributed by atoms with E-state index in [9.17, 15) is 0 Å². The highest BCUT2D eigenvalue weighted by Crippen LogP contribution is 2.02. The lowest BCUT2D eigenvalue weighted by molar-refractivity contribution is 0.178. The van der Waals surface area contributed by atoms with Gasteiger partial charge in [-0.3, -0.25) is 0 Å². The number of nitrogens with zero attached hydrogens (tertiary/aromatic N) is 1. The zero-order valence-electron chi connectivity index (χ0n) is 10.1. The van der Waals surface area contributed by atoms with Crippen molar-refractivity contribution in [1.82, 2.24) is 4.90 Å². The highest BCUT2D eigenvalue weighted by atomic mass is 16.3. The van der Waals surface area contributed by atoms with Crippen LogP contribution < -0.4 is 0 Å². The first-order chi connectivity index (χ1) is 6.66. The zero-order chi connectivity index (χ0) is 10.8. The van der Waals surface area contributed by atoms with Gasteiger partial charge < -0.3 is 10.0 Å². The molecule has 86 valence electrons. The van der Waals surface area contributed by atoms with Crippen molar-refractivity contribution in [2.45, 2.75) is 58.5 Å². The molecule has 0 fully saturated rings. The fourth-order valence-electron chi connectivity index (χ4n) is 1.56. The Morgan fingerprint density at radius 1 is 1.07 bits per heavy atom. The SMILES string of the molecule is CCCCCN(C)CCCCC(C)O. The molecule has 0 amide bonds. The molecule has 1 N–H and O–H groups in total. The Morgan fingerprint density at radius 3 is 2.14 bits per heavy atom. The highest BCUT2D eigenvalue weighted by molar-refractivity contribution is 4.54. The first kappa shape index (κ1) is 13.9. The topological polar surface area (TPSA) is 23.5 Å². The Labute approximate surface area is 89.3 Å². The van der Waals surface area contributed by atoms with Crippen molar-refractivity contribution >= 4 is 0 Å². The van der Waals surface area contributed by atoms with Gasteiger partial charge in [-0.1, -0.05) is 19.8 Å². The highest BCUT2D eigenvalue weighted by Gasteiger charge is 1.99. The van der Waals surface area contributed by atoms with Crippen molar-refractivity contribution in [3.63, 3.8) is 0 Å². The van der Waals surface area contributed by atoms with E-state index in [0.717, 1.165) is 12.8 Å². The number of unbranched alkanes of at least 4 members (excludes halogenated alkanes) is 3. The van der Waals surface area contributed by atoms with E-state index in [4.69, 9.17) is 5.11 Å². The lowest BCUT2D eigenvalue weighted by Gasteiger charge is -2.16. The van der Waals surface area contributed by atoms with Crippen LogP contribution in [0.4, 0.5) is 0 Å². The molecule has 0 aliphatic rings. The minimum Gasteiger partial charge on any atom is -0.393 e. The average molecular weight is 201 g/mol. The summed E-state index contributed by atoms with van der Waals surface area (Å²) in [5.41, 5.74) is 0. The summed E-state index contributed by atoms with van der Waals surface area (Å²) in [6.45, 7) is 6.51. The van der Waals surface area contributed by atoms with E-state index in [1.54, 1.807) is 0 Å². The number of aliphatic hydroxyl groups is 1. The number of hydrogen-bond donors (Lipinski definition) is 1. The van der Waals surface area contributed by atoms with Gasteiger partial charge in [-0.15, -0.1) is 0 Å². The molecule has 0 radical (unpaired) electrons. The molecule has 0 aliphatic carbocycles. The van der Waals surface area contributed by atoms with Crippen molar-refractivity contribution in [2.24, 2.45) is 0 Å². The maximum absolute atomic E-state index is 9.08. The van der Waals surface area contributed by atoms with Crippen LogP contribution >= 0.6 is 0 Å². The molecule has 0 saturated heterocycles. The maximum atomic E-state index is 9.08. The Hall–Kier alpha value is -0.0800. The van der Waals surface area contributed by atoms with Gasteiger partial charge in [0.25, 0.3) is 0 Å². The molecule has 0 spiro atoms. The van der Waals surface area contributed by atoms with Crippen LogP contribution in [0.25, 0.3) is 0 Å². The molecule has 14 heavy (non-hydrogen) atoms. The van der Waals surface area contributed by atoms with Crippen LogP contribution in [0.5, 0.6) is 0 Å². The number of aliphatic hydroxyl groups excluding tert-OH is 1. The fourth-order valence-corrected chi connectivity index (χ4v) is 1.56. The third-order valence-electron chi connectivity index (χ3n) is 2.56. The van der Waals surface area contributed by atoms with E-state index in [1.807, 2.05) is 6.92 Å². The summed E-state index contributed by atoms with van der Waals surface area (Å²) in [5.74, 6) is 0. The van der Waals surface area contributed by atoms with Crippen molar-refractivity contribution in [3.05, 3.63) is 0 Å². The molecule has 1 unspecified atom stereocenters. The average Bonchev–Trinajstić information content (AvgIpc) is 2.13. The summed E-state index contributed by atoms with van der Waals surface area (Å²) in [6.07, 6.45) is 7.16. The van der Waals surface area contributed by atoms with Crippen LogP contribution in [0.1, 0.15) is 52.4 Å². The van der Waals surface area contributed by atoms with Crippen molar-refractivity contribution in [1.29, 1.82) is 0 Å². The molecule has 1 atom stereocenters. The first-order valence-electron chi connectivity index (χ1n) is 6.03. The molecule has 0 bridgehead atoms. The van der Waals surface area contributed by atoms with Crippen molar-refractivity contribution < 1.29 is 5.11 Å². The van der Waals surface area contributed by atoms with Crippen LogP contribution in [0.15, 0.2) is 0 Å². The lowest BCUT2D eigenvalue weighted by atomic mass is 10.1. The van der Waals surface area contributed by atoms with Crippen molar-refractivity contribution in [3.8, 4) is 0 Å². The van der Waals surface area contributed by atoms with Crippen LogP contribution in [-0.2, 0) is 0 Å². The van der Waals surface area contributed by atoms with E-state index in [-0.39, 0.29) is 6.10 Å². The van der Waals surface area contributed by atoms with E-state index < -0.39 is 0 Å². The summed E-state index contributed by atoms with van der Waals surface area (Å²) in [6, 6.07) is 0. The quantitative estimate of drug-likeness (QED) is 0.580. The van der Waals surface area contributed by atoms with Gasteiger partial charge in [0.2, 0.25) is 0 Å². The Morgan fingerprint density at radius 2 is 1.64 bits per heavy atom. The summed E-state index contributed by atoms with van der Waals surface area (Å²) in [4.78, 5) is 2.40. The monoisotopic (exact) mass is 201 g/mol. The summed E-state index contributed by atoms with van der Waals surface area (Å²) in [5, 5.41) is 9.08. The largest absolute Gasteiger partial charge is 0.393 e. The molecular formula is C12H27NO. The Bertz CT molecular complexity index is 115. The van der Waals surface area contributed by atoms with Gasteiger partial charge in [-0.2, -0.15) is 0 Å². The predicted molar refractivity (Wildman–Crippen MR) is 62.6 cm³/mol. The van der Waals surface area contributed by atoms with E-state index in [1.165, 1.54) is 38.8 Å². The molecule has 0 aromatic heterocycles. The third kappa shape index (κ3) is 10.0. The molecule has 0 rings (SSSR count). The molecule has 2 nitrogen and oxygen atoms in total. The van der Waals surface area contributed by atoms with Gasteiger partial charge in [0, 0.05) is 0 Å². The molecule has 0 aliphatic heterocycles. The normalized spacial score (nSPS) is 13.5. The molecular weight excluding hydrogens is 174 g/mol. The zero-order valence-corrected chi connectivity index (χ0v) is 10.1. The minimum absolute atomic E-state index is 0.125. The van der Waals surface area contributed by atoms with Crippen LogP contribution in [0.2, 0.25) is 0 Å². The molecule has 2 heteroatoms. The van der Waals surface area contributed by atoms with E-state index in [0.29, 0.717) is 0 Å². The second kappa shape index (κ2) is 9.47. The number of hydrogen-bond acceptors (Lipinski definition) is 2. The summed E-state index contributed by atoms with van der Waals surface area (Å²) < 4.78 is 0. The lowest BCUT2D eigenvalue weighted by Crippen LogP contribution is -2.21. The minimum atomic E-state index is -0.125. The standard InChI is InChI=1S/C12H27NO/c1-4-5-7-10-13(3)11-8-6-9-12(2)14/h12,14H,4-11H2,1-3H3. The van der Waals surface area contributed by atoms with Gasteiger partial charge in [-0.25, -0.2) is 0 Å². The summed E-state index contributed by atoms with van der Waals surface area (Å²) >= 11 is 0. The number of rotatable bonds is 9. The van der Waals surface area contributed by atoms with E-state index in [2.05, 4.69) is 18.9 Å². The first-order valence-corrected chi connectivity index (χ1v) is 6.03. The predicted octanol–water partition coefficient (Wildman–Crippen LogP) is 2.66. The Balaban J connectivity index is 3.14. The van der Waals surface area contributed by atoms with Gasteiger partial charge >= 0.3 is 0 Å². The summed E-state index contributed by atoms with van der Waals surface area (Å²) in [7, 11) is 2.19. The Kier molecular flexibility index (Phi) is 9.42. The van der Waals surface area contributed by atoms with Gasteiger partial charge in [-0.05, 0) is 52.7 Å². The van der Waals surface area contributed by atoms with Gasteiger partial charge in [0.15, 0.2) is 0 Å². The third-order valence-corrected chi connectivity index (χ3v) is 2.56. The molecule has 0 aromatic carbocycles. The smallest absolute Gasteiger partial charge is 0.0512 e. The molecule has 0 heterocycles. The fraction of sp³-hybridized carbons (Fsp3) is 1.00. The molecule has 0 aromatic rings. The maximum Gasteiger partial charge on any atom is 0.0512 e. The van der Waals surface area contributed by atoms with Crippen LogP contribution in [0.3, 0.4) is 0 Å². The van der Waals surface area contributed by atoms with Crippen LogP contribution in [0, 0.1) is 0 Å². The molecule has 0 saturated carbocycles. The van der Waals surface area contributed by atoms with Gasteiger partial charge in [0.1, 0.15) is 0 Å².